The lowest BCUT2D eigenvalue weighted by Gasteiger charge is -2.13. The minimum absolute atomic E-state index is 0.631. The summed E-state index contributed by atoms with van der Waals surface area (Å²) in [5, 5.41) is 0. The summed E-state index contributed by atoms with van der Waals surface area (Å²) >= 11 is 0. The van der Waals surface area contributed by atoms with E-state index in [9.17, 15) is 4.21 Å². The molecule has 0 aromatic rings. The molecule has 0 radical (unpaired) electrons. The van der Waals surface area contributed by atoms with Gasteiger partial charge in [0.2, 0.25) is 0 Å². The Morgan fingerprint density at radius 2 is 1.75 bits per heavy atom. The second kappa shape index (κ2) is 11.1. The van der Waals surface area contributed by atoms with Crippen LogP contribution in [0.3, 0.4) is 0 Å². The molecule has 0 aliphatic rings. The van der Waals surface area contributed by atoms with E-state index in [-0.39, 0.29) is 0 Å². The van der Waals surface area contributed by atoms with Crippen molar-refractivity contribution >= 4 is 10.8 Å². The Kier molecular flexibility index (Phi) is 13.5. The van der Waals surface area contributed by atoms with E-state index in [0.717, 1.165) is 18.8 Å². The first kappa shape index (κ1) is 14.6. The molecule has 0 saturated carbocycles. The zero-order valence-electron chi connectivity index (χ0n) is 9.09. The molecule has 0 heterocycles. The third-order valence-corrected chi connectivity index (χ3v) is 2.12. The fourth-order valence-electron chi connectivity index (χ4n) is 0.778. The molecule has 1 unspecified atom stereocenters. The van der Waals surface area contributed by atoms with Crippen molar-refractivity contribution < 1.29 is 4.21 Å². The molecule has 0 bridgehead atoms. The van der Waals surface area contributed by atoms with Crippen LogP contribution in [0.5, 0.6) is 0 Å². The van der Waals surface area contributed by atoms with Crippen molar-refractivity contribution in [2.24, 2.45) is 0 Å². The molecule has 0 aromatic carbocycles. The van der Waals surface area contributed by atoms with Crippen LogP contribution in [0.1, 0.15) is 27.2 Å². The largest absolute Gasteiger partial charge is 0.305 e. The quantitative estimate of drug-likeness (QED) is 0.663. The molecule has 0 amide bonds. The molecule has 0 aromatic heterocycles. The number of rotatable bonds is 5. The topological polar surface area (TPSA) is 20.3 Å². The van der Waals surface area contributed by atoms with E-state index >= 15 is 0 Å². The van der Waals surface area contributed by atoms with E-state index in [2.05, 4.69) is 18.9 Å². The highest BCUT2D eigenvalue weighted by atomic mass is 32.2. The summed E-state index contributed by atoms with van der Waals surface area (Å²) in [5.74, 6) is 0.802. The maximum atomic E-state index is 10.6. The molecule has 2 nitrogen and oxygen atoms in total. The van der Waals surface area contributed by atoms with Crippen molar-refractivity contribution in [2.45, 2.75) is 27.2 Å². The second-order valence-electron chi connectivity index (χ2n) is 2.58. The second-order valence-corrected chi connectivity index (χ2v) is 4.14. The van der Waals surface area contributed by atoms with Gasteiger partial charge in [-0.05, 0) is 20.0 Å². The van der Waals surface area contributed by atoms with Gasteiger partial charge in [-0.15, -0.1) is 0 Å². The Balaban J connectivity index is 0. The summed E-state index contributed by atoms with van der Waals surface area (Å²) < 4.78 is 10.6. The zero-order chi connectivity index (χ0) is 9.98. The van der Waals surface area contributed by atoms with Gasteiger partial charge in [0.05, 0.1) is 0 Å². The summed E-state index contributed by atoms with van der Waals surface area (Å²) in [5.41, 5.74) is 0. The van der Waals surface area contributed by atoms with E-state index in [1.54, 1.807) is 6.26 Å². The highest BCUT2D eigenvalue weighted by Gasteiger charge is 1.96. The fourth-order valence-corrected chi connectivity index (χ4v) is 1.35. The first-order valence-corrected chi connectivity index (χ1v) is 6.38. The van der Waals surface area contributed by atoms with Gasteiger partial charge in [-0.1, -0.05) is 20.8 Å². The van der Waals surface area contributed by atoms with E-state index < -0.39 is 10.8 Å². The van der Waals surface area contributed by atoms with Gasteiger partial charge in [0.1, 0.15) is 0 Å². The highest BCUT2D eigenvalue weighted by molar-refractivity contribution is 7.84. The molecular formula is C9H23NOS. The van der Waals surface area contributed by atoms with Crippen molar-refractivity contribution in [2.75, 3.05) is 32.1 Å². The van der Waals surface area contributed by atoms with E-state index in [4.69, 9.17) is 0 Å². The molecule has 0 N–H and O–H groups in total. The molecule has 0 spiro atoms. The molecule has 12 heavy (non-hydrogen) atoms. The lowest BCUT2D eigenvalue weighted by molar-refractivity contribution is 0.355. The Hall–Kier alpha value is 0.110. The number of hydrogen-bond acceptors (Lipinski definition) is 2. The van der Waals surface area contributed by atoms with Crippen molar-refractivity contribution in [1.82, 2.24) is 4.90 Å². The molecule has 0 fully saturated rings. The first-order chi connectivity index (χ1) is 5.66. The van der Waals surface area contributed by atoms with Gasteiger partial charge >= 0.3 is 0 Å². The lowest BCUT2D eigenvalue weighted by atomic mass is 10.4. The van der Waals surface area contributed by atoms with Crippen LogP contribution in [0, 0.1) is 0 Å². The van der Waals surface area contributed by atoms with Crippen LogP contribution in [0.4, 0.5) is 0 Å². The predicted octanol–water partition coefficient (Wildman–Crippen LogP) is 1.73. The van der Waals surface area contributed by atoms with Crippen LogP contribution < -0.4 is 0 Å². The average Bonchev–Trinajstić information content (AvgIpc) is 2.05. The smallest absolute Gasteiger partial charge is 0.0359 e. The van der Waals surface area contributed by atoms with E-state index in [1.807, 2.05) is 13.8 Å². The highest BCUT2D eigenvalue weighted by Crippen LogP contribution is 1.86. The van der Waals surface area contributed by atoms with Gasteiger partial charge < -0.3 is 4.90 Å². The van der Waals surface area contributed by atoms with Crippen molar-refractivity contribution in [3.8, 4) is 0 Å². The molecule has 0 aliphatic carbocycles. The number of hydrogen-bond donors (Lipinski definition) is 0. The molecule has 0 rings (SSSR count). The van der Waals surface area contributed by atoms with Crippen LogP contribution in [0.15, 0.2) is 0 Å². The fraction of sp³-hybridized carbons (Fsp3) is 1.00. The standard InChI is InChI=1S/C7H17NOS.C2H6/c1-4-5-8(2)6-7-10(3)9;1-2/h4-7H2,1-3H3;1-2H3. The van der Waals surface area contributed by atoms with Gasteiger partial charge in [-0.3, -0.25) is 4.21 Å². The summed E-state index contributed by atoms with van der Waals surface area (Å²) in [6.07, 6.45) is 2.92. The molecule has 0 saturated heterocycles. The van der Waals surface area contributed by atoms with Gasteiger partial charge in [0.15, 0.2) is 0 Å². The first-order valence-electron chi connectivity index (χ1n) is 4.65. The summed E-state index contributed by atoms with van der Waals surface area (Å²) in [6.45, 7) is 8.22. The van der Waals surface area contributed by atoms with Crippen molar-refractivity contribution in [3.63, 3.8) is 0 Å². The van der Waals surface area contributed by atoms with Gasteiger partial charge in [0.25, 0.3) is 0 Å². The van der Waals surface area contributed by atoms with Crippen LogP contribution >= 0.6 is 0 Å². The molecule has 76 valence electrons. The van der Waals surface area contributed by atoms with Crippen LogP contribution in [0.25, 0.3) is 0 Å². The Morgan fingerprint density at radius 3 is 2.08 bits per heavy atom. The maximum absolute atomic E-state index is 10.6. The van der Waals surface area contributed by atoms with Gasteiger partial charge in [-0.2, -0.15) is 0 Å². The van der Waals surface area contributed by atoms with E-state index in [1.165, 1.54) is 6.42 Å². The Bertz CT molecular complexity index is 107. The minimum Gasteiger partial charge on any atom is -0.305 e. The van der Waals surface area contributed by atoms with Crippen molar-refractivity contribution in [3.05, 3.63) is 0 Å². The van der Waals surface area contributed by atoms with Crippen LogP contribution in [-0.2, 0) is 10.8 Å². The van der Waals surface area contributed by atoms with Crippen LogP contribution in [-0.4, -0.2) is 41.3 Å². The zero-order valence-corrected chi connectivity index (χ0v) is 9.91. The molecule has 0 aliphatic heterocycles. The lowest BCUT2D eigenvalue weighted by Crippen LogP contribution is -2.24. The monoisotopic (exact) mass is 193 g/mol. The summed E-state index contributed by atoms with van der Waals surface area (Å²) in [4.78, 5) is 2.21. The normalized spacial score (nSPS) is 12.2. The molecular weight excluding hydrogens is 170 g/mol. The van der Waals surface area contributed by atoms with E-state index in [0.29, 0.717) is 0 Å². The van der Waals surface area contributed by atoms with Crippen molar-refractivity contribution in [1.29, 1.82) is 0 Å². The third-order valence-electron chi connectivity index (χ3n) is 1.37. The molecule has 1 atom stereocenters. The predicted molar refractivity (Wildman–Crippen MR) is 58.1 cm³/mol. The maximum Gasteiger partial charge on any atom is 0.0359 e. The minimum atomic E-state index is -0.631. The number of nitrogens with zero attached hydrogens (tertiary/aromatic N) is 1. The molecule has 3 heteroatoms. The summed E-state index contributed by atoms with van der Waals surface area (Å²) in [7, 11) is 1.43. The Labute approximate surface area is 79.8 Å². The van der Waals surface area contributed by atoms with Crippen LogP contribution in [0.2, 0.25) is 0 Å². The van der Waals surface area contributed by atoms with Gasteiger partial charge in [0, 0.05) is 29.4 Å². The SMILES string of the molecule is CC.CCCN(C)CCS(C)=O. The average molecular weight is 193 g/mol. The summed E-state index contributed by atoms with van der Waals surface area (Å²) in [6, 6.07) is 0. The van der Waals surface area contributed by atoms with Gasteiger partial charge in [-0.25, -0.2) is 0 Å². The third kappa shape index (κ3) is 12.8. The Morgan fingerprint density at radius 1 is 1.25 bits per heavy atom.